The zero-order valence-corrected chi connectivity index (χ0v) is 22.8. The van der Waals surface area contributed by atoms with E-state index >= 15 is 0 Å². The number of nitrogens with zero attached hydrogens (tertiary/aromatic N) is 2. The molecule has 0 unspecified atom stereocenters. The van der Waals surface area contributed by atoms with Crippen LogP contribution in [0.2, 0.25) is 0 Å². The maximum atomic E-state index is 12.2. The largest absolute Gasteiger partial charge is 1.00 e. The van der Waals surface area contributed by atoms with E-state index in [9.17, 15) is 9.59 Å². The molecule has 30 heavy (non-hydrogen) atoms. The first-order valence-electron chi connectivity index (χ1n) is 9.30. The van der Waals surface area contributed by atoms with Gasteiger partial charge < -0.3 is 59.4 Å². The van der Waals surface area contributed by atoms with Gasteiger partial charge in [-0.3, -0.25) is 9.59 Å². The molecule has 3 rings (SSSR count). The minimum absolute atomic E-state index is 0. The van der Waals surface area contributed by atoms with Crippen LogP contribution in [0.3, 0.4) is 0 Å². The molecule has 1 saturated carbocycles. The van der Waals surface area contributed by atoms with Crippen LogP contribution < -0.4 is 54.5 Å². The smallest absolute Gasteiger partial charge is 0.231 e. The third kappa shape index (κ3) is 6.37. The summed E-state index contributed by atoms with van der Waals surface area (Å²) in [5.74, 6) is 0. The van der Waals surface area contributed by atoms with Crippen LogP contribution in [0.1, 0.15) is 55.2 Å². The van der Waals surface area contributed by atoms with E-state index in [0.29, 0.717) is 0 Å². The fourth-order valence-electron chi connectivity index (χ4n) is 4.52. The van der Waals surface area contributed by atoms with Crippen molar-refractivity contribution in [3.05, 3.63) is 41.2 Å². The summed E-state index contributed by atoms with van der Waals surface area (Å²) in [5, 5.41) is 0. The van der Waals surface area contributed by atoms with Crippen molar-refractivity contribution in [3.8, 4) is 0 Å². The van der Waals surface area contributed by atoms with Crippen molar-refractivity contribution in [1.29, 1.82) is 0 Å². The maximum Gasteiger partial charge on any atom is 0.231 e. The molecule has 0 bridgehead atoms. The summed E-state index contributed by atoms with van der Waals surface area (Å²) in [6.07, 6.45) is 12.3. The summed E-state index contributed by atoms with van der Waals surface area (Å²) in [5.41, 5.74) is 3.04. The number of carbonyl (C=O) groups is 2. The molecule has 1 heterocycles. The van der Waals surface area contributed by atoms with E-state index in [-0.39, 0.29) is 75.8 Å². The molecule has 0 atom stereocenters. The first-order valence-corrected chi connectivity index (χ1v) is 9.30. The van der Waals surface area contributed by atoms with Gasteiger partial charge in [-0.25, -0.2) is 0 Å². The Morgan fingerprint density at radius 2 is 1.30 bits per heavy atom. The molecule has 1 aliphatic carbocycles. The number of aldehydes is 2. The van der Waals surface area contributed by atoms with E-state index in [2.05, 4.69) is 19.1 Å². The molecule has 2 aliphatic rings. The molecule has 0 spiro atoms. The monoisotopic (exact) mass is 673 g/mol. The molecule has 1 radical (unpaired) electrons. The van der Waals surface area contributed by atoms with Crippen molar-refractivity contribution in [1.82, 2.24) is 4.90 Å². The van der Waals surface area contributed by atoms with Crippen molar-refractivity contribution in [2.75, 3.05) is 4.90 Å². The Morgan fingerprint density at radius 1 is 0.833 bits per heavy atom. The van der Waals surface area contributed by atoms with Crippen molar-refractivity contribution in [3.63, 3.8) is 0 Å². The van der Waals surface area contributed by atoms with Crippen LogP contribution in [0, 0.1) is 20.8 Å². The van der Waals surface area contributed by atoms with E-state index in [1.807, 2.05) is 36.0 Å². The summed E-state index contributed by atoms with van der Waals surface area (Å²) >= 11 is 0. The van der Waals surface area contributed by atoms with Gasteiger partial charge in [-0.1, -0.05) is 43.4 Å². The number of halogens is 4. The first kappa shape index (κ1) is 34.3. The topological polar surface area (TPSA) is 40.6 Å². The zero-order valence-electron chi connectivity index (χ0n) is 17.3. The van der Waals surface area contributed by atoms with Gasteiger partial charge in [0.15, 0.2) is 12.6 Å². The molecular weight excluding hydrogens is 646 g/mol. The average molecular weight is 674 g/mol. The van der Waals surface area contributed by atoms with Gasteiger partial charge in [0.2, 0.25) is 5.66 Å². The second-order valence-electron chi connectivity index (χ2n) is 7.49. The summed E-state index contributed by atoms with van der Waals surface area (Å²) in [7, 11) is 0. The number of aryl methyl sites for hydroxylation is 3. The fourth-order valence-corrected chi connectivity index (χ4v) is 4.52. The fraction of sp³-hybridized carbons (Fsp3) is 0.524. The molecule has 1 aliphatic heterocycles. The van der Waals surface area contributed by atoms with Crippen LogP contribution in [-0.4, -0.2) is 29.2 Å². The molecule has 9 heteroatoms. The van der Waals surface area contributed by atoms with E-state index in [1.54, 1.807) is 0 Å². The number of anilines is 1. The van der Waals surface area contributed by atoms with Crippen LogP contribution in [0.15, 0.2) is 24.5 Å². The Hall–Kier alpha value is -0.291. The average Bonchev–Trinajstić information content (AvgIpc) is 2.76. The first-order chi connectivity index (χ1) is 12.0. The van der Waals surface area contributed by atoms with Crippen molar-refractivity contribution in [2.45, 2.75) is 71.0 Å². The molecule has 1 aromatic rings. The summed E-state index contributed by atoms with van der Waals surface area (Å²) in [4.78, 5) is 28.3. The van der Waals surface area contributed by atoms with Crippen LogP contribution in [-0.2, 0) is 29.7 Å². The molecule has 4 nitrogen and oxygen atoms in total. The van der Waals surface area contributed by atoms with Gasteiger partial charge in [-0.15, -0.1) is 0 Å². The predicted molar refractivity (Wildman–Crippen MR) is 100 cm³/mol. The van der Waals surface area contributed by atoms with Crippen LogP contribution in [0.4, 0.5) is 5.69 Å². The normalized spacial score (nSPS) is 17.2. The molecule has 0 amide bonds. The molecule has 0 aromatic heterocycles. The van der Waals surface area contributed by atoms with Gasteiger partial charge in [-0.2, -0.15) is 0 Å². The second-order valence-corrected chi connectivity index (χ2v) is 7.49. The summed E-state index contributed by atoms with van der Waals surface area (Å²) < 4.78 is 0. The second kappa shape index (κ2) is 14.7. The minimum atomic E-state index is -1.26. The summed E-state index contributed by atoms with van der Waals surface area (Å²) in [6, 6.07) is 4.44. The minimum Gasteiger partial charge on any atom is -1.00 e. The number of hydrogen-bond acceptors (Lipinski definition) is 4. The number of rotatable bonds is 4. The zero-order chi connectivity index (χ0) is 18.0. The molecule has 1 aromatic carbocycles. The third-order valence-corrected chi connectivity index (χ3v) is 5.62. The quantitative estimate of drug-likeness (QED) is 0.181. The Kier molecular flexibility index (Phi) is 16.8. The van der Waals surface area contributed by atoms with Crippen molar-refractivity contribution >= 4 is 18.3 Å². The molecular formula is C21H28Cl4IrN2O2-4. The molecule has 175 valence electrons. The number of carbonyl (C=O) groups excluding carboxylic acids is 2. The van der Waals surface area contributed by atoms with Crippen LogP contribution in [0.5, 0.6) is 0 Å². The van der Waals surface area contributed by atoms with Crippen LogP contribution >= 0.6 is 0 Å². The number of benzene rings is 1. The molecule has 0 saturated heterocycles. The van der Waals surface area contributed by atoms with E-state index < -0.39 is 5.66 Å². The molecule has 1 fully saturated rings. The van der Waals surface area contributed by atoms with Crippen molar-refractivity contribution in [2.24, 2.45) is 0 Å². The van der Waals surface area contributed by atoms with E-state index in [4.69, 9.17) is 0 Å². The predicted octanol–water partition coefficient (Wildman–Crippen LogP) is -7.96. The van der Waals surface area contributed by atoms with Crippen molar-refractivity contribution < 1.29 is 79.3 Å². The van der Waals surface area contributed by atoms with E-state index in [0.717, 1.165) is 55.1 Å². The molecule has 0 N–H and O–H groups in total. The van der Waals surface area contributed by atoms with Gasteiger partial charge >= 0.3 is 0 Å². The Morgan fingerprint density at radius 3 is 1.73 bits per heavy atom. The Bertz CT molecular complexity index is 679. The third-order valence-electron chi connectivity index (χ3n) is 5.62. The van der Waals surface area contributed by atoms with Gasteiger partial charge in [-0.05, 0) is 44.7 Å². The number of hydrogen-bond donors (Lipinski definition) is 0. The van der Waals surface area contributed by atoms with Gasteiger partial charge in [0.1, 0.15) is 0 Å². The SMILES string of the molecule is Cc1cc(C)c(N2C=CN(C3CCCCCC3)C2(C=O)C=O)c(C)c1.[Cl-].[Cl-].[Cl-].[Cl-].[Ir]. The van der Waals surface area contributed by atoms with Gasteiger partial charge in [0, 0.05) is 44.2 Å². The van der Waals surface area contributed by atoms with Gasteiger partial charge in [0.05, 0.1) is 0 Å². The maximum absolute atomic E-state index is 12.2. The Labute approximate surface area is 218 Å². The standard InChI is InChI=1S/C21H28N2O2.4ClH.Ir/c1-16-12-17(2)20(18(3)13-16)23-11-10-22(21(23,14-24)15-25)19-8-6-4-5-7-9-19;;;;;/h10-15,19H,4-9H2,1-3H3;4*1H;/p-4. The summed E-state index contributed by atoms with van der Waals surface area (Å²) in [6.45, 7) is 6.14. The van der Waals surface area contributed by atoms with Gasteiger partial charge in [0.25, 0.3) is 0 Å². The Balaban J connectivity index is -0.00000146. The van der Waals surface area contributed by atoms with Crippen LogP contribution in [0.25, 0.3) is 0 Å². The van der Waals surface area contributed by atoms with E-state index in [1.165, 1.54) is 18.4 Å².